The molecule has 0 N–H and O–H groups in total. The van der Waals surface area contributed by atoms with Crippen molar-refractivity contribution in [3.63, 3.8) is 0 Å². The van der Waals surface area contributed by atoms with Crippen molar-refractivity contribution in [2.45, 2.75) is 25.7 Å². The maximum atomic E-state index is 4.06. The fraction of sp³-hybridized carbons (Fsp3) is 0.316. The quantitative estimate of drug-likeness (QED) is 0.825. The van der Waals surface area contributed by atoms with Gasteiger partial charge >= 0.3 is 0 Å². The fourth-order valence-electron chi connectivity index (χ4n) is 3.59. The van der Waals surface area contributed by atoms with Crippen LogP contribution in [0.15, 0.2) is 36.7 Å². The number of hydrogen-bond acceptors (Lipinski definition) is 2. The van der Waals surface area contributed by atoms with E-state index >= 15 is 0 Å². The number of benzene rings is 1. The number of pyridine rings is 1. The number of aryl methyl sites for hydroxylation is 2. The lowest BCUT2D eigenvalue weighted by Crippen LogP contribution is -2.34. The van der Waals surface area contributed by atoms with Crippen molar-refractivity contribution < 1.29 is 0 Å². The van der Waals surface area contributed by atoms with E-state index in [1.165, 1.54) is 49.9 Å². The van der Waals surface area contributed by atoms with Crippen LogP contribution in [0.4, 0.5) is 5.69 Å². The third kappa shape index (κ3) is 2.46. The Kier molecular flexibility index (Phi) is 3.23. The van der Waals surface area contributed by atoms with Crippen LogP contribution in [0.1, 0.15) is 35.1 Å². The summed E-state index contributed by atoms with van der Waals surface area (Å²) < 4.78 is 0. The monoisotopic (exact) mass is 276 g/mol. The second-order valence-corrected chi connectivity index (χ2v) is 6.00. The van der Waals surface area contributed by atoms with Gasteiger partial charge in [-0.2, -0.15) is 0 Å². The molecule has 0 radical (unpaired) electrons. The predicted octanol–water partition coefficient (Wildman–Crippen LogP) is 3.95. The van der Waals surface area contributed by atoms with Crippen LogP contribution in [-0.2, 0) is 12.8 Å². The average molecular weight is 276 g/mol. The smallest absolute Gasteiger partial charge is 0.0431 e. The molecule has 0 aliphatic carbocycles. The molecule has 4 rings (SSSR count). The Morgan fingerprint density at radius 2 is 1.48 bits per heavy atom. The molecule has 2 nitrogen and oxygen atoms in total. The van der Waals surface area contributed by atoms with Gasteiger partial charge in [0.15, 0.2) is 0 Å². The van der Waals surface area contributed by atoms with Crippen molar-refractivity contribution in [3.05, 3.63) is 58.9 Å². The molecule has 0 bridgehead atoms. The normalized spacial score (nSPS) is 17.0. The van der Waals surface area contributed by atoms with Crippen molar-refractivity contribution >= 4 is 17.8 Å². The molecule has 106 valence electrons. The lowest BCUT2D eigenvalue weighted by Gasteiger charge is -2.37. The van der Waals surface area contributed by atoms with E-state index in [1.807, 2.05) is 24.5 Å². The molecule has 2 heteroatoms. The molecule has 2 aliphatic heterocycles. The molecule has 0 saturated carbocycles. The maximum Gasteiger partial charge on any atom is 0.0431 e. The molecule has 0 fully saturated rings. The number of nitrogens with zero attached hydrogens (tertiary/aromatic N) is 2. The van der Waals surface area contributed by atoms with E-state index in [-0.39, 0.29) is 0 Å². The Balaban J connectivity index is 1.70. The van der Waals surface area contributed by atoms with Gasteiger partial charge in [0.25, 0.3) is 0 Å². The van der Waals surface area contributed by atoms with Crippen LogP contribution in [-0.4, -0.2) is 18.1 Å². The van der Waals surface area contributed by atoms with E-state index in [2.05, 4.69) is 34.2 Å². The van der Waals surface area contributed by atoms with E-state index in [0.29, 0.717) is 0 Å². The van der Waals surface area contributed by atoms with Crippen LogP contribution in [0, 0.1) is 0 Å². The predicted molar refractivity (Wildman–Crippen MR) is 88.5 cm³/mol. The summed E-state index contributed by atoms with van der Waals surface area (Å²) in [6.45, 7) is 2.48. The Labute approximate surface area is 126 Å². The molecule has 0 amide bonds. The Morgan fingerprint density at radius 3 is 2.14 bits per heavy atom. The standard InChI is InChI=1S/C19H20N2/c1-3-17-13-16(6-5-15-7-9-20-10-8-15)14-18-4-2-12-21(11-1)19(17)18/h5-10,13-14H,1-4,11-12H2/b6-5+. The third-order valence-electron chi connectivity index (χ3n) is 4.53. The summed E-state index contributed by atoms with van der Waals surface area (Å²) in [6, 6.07) is 8.85. The first-order valence-electron chi connectivity index (χ1n) is 7.89. The van der Waals surface area contributed by atoms with Gasteiger partial charge in [0.2, 0.25) is 0 Å². The zero-order chi connectivity index (χ0) is 14.1. The van der Waals surface area contributed by atoms with Gasteiger partial charge in [-0.15, -0.1) is 0 Å². The average Bonchev–Trinajstić information content (AvgIpc) is 2.54. The molecule has 2 aliphatic rings. The first-order valence-corrected chi connectivity index (χ1v) is 7.89. The van der Waals surface area contributed by atoms with Gasteiger partial charge in [-0.05, 0) is 72.2 Å². The van der Waals surface area contributed by atoms with E-state index in [0.717, 1.165) is 0 Å². The van der Waals surface area contributed by atoms with E-state index in [1.54, 1.807) is 16.8 Å². The summed E-state index contributed by atoms with van der Waals surface area (Å²) in [4.78, 5) is 6.65. The molecule has 0 unspecified atom stereocenters. The van der Waals surface area contributed by atoms with Crippen LogP contribution in [0.25, 0.3) is 12.2 Å². The molecular weight excluding hydrogens is 256 g/mol. The molecule has 1 aromatic carbocycles. The number of hydrogen-bond donors (Lipinski definition) is 0. The van der Waals surface area contributed by atoms with Gasteiger partial charge < -0.3 is 4.90 Å². The van der Waals surface area contributed by atoms with E-state index < -0.39 is 0 Å². The zero-order valence-corrected chi connectivity index (χ0v) is 12.3. The first kappa shape index (κ1) is 12.6. The minimum Gasteiger partial charge on any atom is -0.371 e. The van der Waals surface area contributed by atoms with Crippen molar-refractivity contribution in [1.82, 2.24) is 4.98 Å². The maximum absolute atomic E-state index is 4.06. The second-order valence-electron chi connectivity index (χ2n) is 6.00. The highest BCUT2D eigenvalue weighted by atomic mass is 15.1. The fourth-order valence-corrected chi connectivity index (χ4v) is 3.59. The van der Waals surface area contributed by atoms with Gasteiger partial charge in [0.05, 0.1) is 0 Å². The molecule has 21 heavy (non-hydrogen) atoms. The van der Waals surface area contributed by atoms with Crippen LogP contribution < -0.4 is 4.90 Å². The van der Waals surface area contributed by atoms with Crippen molar-refractivity contribution in [2.75, 3.05) is 18.0 Å². The molecule has 3 heterocycles. The number of anilines is 1. The van der Waals surface area contributed by atoms with Crippen molar-refractivity contribution in [3.8, 4) is 0 Å². The molecular formula is C19H20N2. The van der Waals surface area contributed by atoms with Crippen LogP contribution in [0.3, 0.4) is 0 Å². The van der Waals surface area contributed by atoms with Gasteiger partial charge in [-0.1, -0.05) is 12.2 Å². The highest BCUT2D eigenvalue weighted by molar-refractivity contribution is 5.74. The number of aromatic nitrogens is 1. The van der Waals surface area contributed by atoms with Gasteiger partial charge in [0.1, 0.15) is 0 Å². The van der Waals surface area contributed by atoms with Crippen molar-refractivity contribution in [1.29, 1.82) is 0 Å². The zero-order valence-electron chi connectivity index (χ0n) is 12.3. The minimum atomic E-state index is 1.21. The molecule has 1 aromatic heterocycles. The largest absolute Gasteiger partial charge is 0.371 e. The summed E-state index contributed by atoms with van der Waals surface area (Å²) in [6.07, 6.45) is 13.2. The molecule has 0 spiro atoms. The topological polar surface area (TPSA) is 16.1 Å². The SMILES string of the molecule is C(=C\c1cc2c3c(c1)CCCN3CCC2)/c1ccncc1. The Hall–Kier alpha value is -2.09. The molecule has 0 atom stereocenters. The van der Waals surface area contributed by atoms with Crippen LogP contribution >= 0.6 is 0 Å². The lowest BCUT2D eigenvalue weighted by molar-refractivity contribution is 0.634. The first-order chi connectivity index (χ1) is 10.4. The van der Waals surface area contributed by atoms with Crippen LogP contribution in [0.5, 0.6) is 0 Å². The van der Waals surface area contributed by atoms with Crippen molar-refractivity contribution in [2.24, 2.45) is 0 Å². The summed E-state index contributed by atoms with van der Waals surface area (Å²) in [5.74, 6) is 0. The van der Waals surface area contributed by atoms with Gasteiger partial charge in [-0.25, -0.2) is 0 Å². The molecule has 2 aromatic rings. The summed E-state index contributed by atoms with van der Waals surface area (Å²) in [7, 11) is 0. The summed E-state index contributed by atoms with van der Waals surface area (Å²) >= 11 is 0. The van der Waals surface area contributed by atoms with E-state index in [9.17, 15) is 0 Å². The number of rotatable bonds is 2. The minimum absolute atomic E-state index is 1.21. The van der Waals surface area contributed by atoms with Crippen LogP contribution in [0.2, 0.25) is 0 Å². The summed E-state index contributed by atoms with van der Waals surface area (Å²) in [5, 5.41) is 0. The summed E-state index contributed by atoms with van der Waals surface area (Å²) in [5.41, 5.74) is 7.19. The Morgan fingerprint density at radius 1 is 0.857 bits per heavy atom. The molecule has 0 saturated heterocycles. The Bertz CT molecular complexity index is 642. The highest BCUT2D eigenvalue weighted by Crippen LogP contribution is 2.36. The second kappa shape index (κ2) is 5.36. The van der Waals surface area contributed by atoms with Gasteiger partial charge in [-0.3, -0.25) is 4.98 Å². The lowest BCUT2D eigenvalue weighted by atomic mass is 9.90. The van der Waals surface area contributed by atoms with Gasteiger partial charge in [0, 0.05) is 31.2 Å². The highest BCUT2D eigenvalue weighted by Gasteiger charge is 2.23. The third-order valence-corrected chi connectivity index (χ3v) is 4.53. The van der Waals surface area contributed by atoms with E-state index in [4.69, 9.17) is 0 Å².